The molecule has 1 heterocycles. The highest BCUT2D eigenvalue weighted by atomic mass is 35.5. The molecule has 0 aliphatic carbocycles. The minimum atomic E-state index is -1.22. The zero-order chi connectivity index (χ0) is 9.84. The molecule has 0 radical (unpaired) electrons. The smallest absolute Gasteiger partial charge is 0.109 e. The Morgan fingerprint density at radius 3 is 2.69 bits per heavy atom. The number of hydrogen-bond acceptors (Lipinski definition) is 4. The van der Waals surface area contributed by atoms with Crippen LogP contribution < -0.4 is 0 Å². The lowest BCUT2D eigenvalue weighted by atomic mass is 10.1. The molecule has 3 N–H and O–H groups in total. The topological polar surface area (TPSA) is 73.6 Å². The van der Waals surface area contributed by atoms with Gasteiger partial charge in [0.2, 0.25) is 0 Å². The first-order chi connectivity index (χ1) is 6.16. The summed E-state index contributed by atoms with van der Waals surface area (Å²) in [6, 6.07) is 1.49. The van der Waals surface area contributed by atoms with Crippen molar-refractivity contribution in [1.82, 2.24) is 4.98 Å². The Labute approximate surface area is 80.4 Å². The van der Waals surface area contributed by atoms with Gasteiger partial charge in [0.15, 0.2) is 0 Å². The number of halogens is 1. The van der Waals surface area contributed by atoms with Crippen LogP contribution in [0.4, 0.5) is 0 Å². The third-order valence-electron chi connectivity index (χ3n) is 1.67. The highest BCUT2D eigenvalue weighted by molar-refractivity contribution is 6.31. The quantitative estimate of drug-likeness (QED) is 0.653. The standard InChI is InChI=1S/C8H10ClNO3/c9-6-3-10-2-1-5(6)8(13)7(12)4-11/h1-3,7-8,11-13H,4H2. The summed E-state index contributed by atoms with van der Waals surface area (Å²) in [5, 5.41) is 27.4. The fourth-order valence-electron chi connectivity index (χ4n) is 0.933. The molecule has 0 aliphatic rings. The Morgan fingerprint density at radius 2 is 2.15 bits per heavy atom. The molecule has 4 nitrogen and oxygen atoms in total. The van der Waals surface area contributed by atoms with E-state index in [-0.39, 0.29) is 5.02 Å². The van der Waals surface area contributed by atoms with E-state index >= 15 is 0 Å². The van der Waals surface area contributed by atoms with Crippen molar-refractivity contribution < 1.29 is 15.3 Å². The molecule has 0 bridgehead atoms. The van der Waals surface area contributed by atoms with Gasteiger partial charge in [0.25, 0.3) is 0 Å². The zero-order valence-electron chi connectivity index (χ0n) is 6.76. The molecule has 0 spiro atoms. The first kappa shape index (κ1) is 10.4. The van der Waals surface area contributed by atoms with E-state index in [1.807, 2.05) is 0 Å². The first-order valence-corrected chi connectivity index (χ1v) is 4.11. The van der Waals surface area contributed by atoms with Crippen molar-refractivity contribution in [3.8, 4) is 0 Å². The van der Waals surface area contributed by atoms with Crippen molar-refractivity contribution in [1.29, 1.82) is 0 Å². The molecule has 2 unspecified atom stereocenters. The minimum Gasteiger partial charge on any atom is -0.394 e. The second-order valence-corrected chi connectivity index (χ2v) is 3.00. The summed E-state index contributed by atoms with van der Waals surface area (Å²) in [7, 11) is 0. The normalized spacial score (nSPS) is 15.4. The minimum absolute atomic E-state index is 0.266. The van der Waals surface area contributed by atoms with Crippen LogP contribution in [0.5, 0.6) is 0 Å². The maximum Gasteiger partial charge on any atom is 0.109 e. The average molecular weight is 204 g/mol. The van der Waals surface area contributed by atoms with Crippen LogP contribution >= 0.6 is 11.6 Å². The van der Waals surface area contributed by atoms with Gasteiger partial charge in [0.1, 0.15) is 12.2 Å². The van der Waals surface area contributed by atoms with E-state index in [9.17, 15) is 5.11 Å². The van der Waals surface area contributed by atoms with Crippen LogP contribution in [0, 0.1) is 0 Å². The van der Waals surface area contributed by atoms with Crippen LogP contribution in [0.1, 0.15) is 11.7 Å². The zero-order valence-corrected chi connectivity index (χ0v) is 7.52. The van der Waals surface area contributed by atoms with Gasteiger partial charge >= 0.3 is 0 Å². The Bertz CT molecular complexity index is 282. The predicted molar refractivity (Wildman–Crippen MR) is 47.3 cm³/mol. The number of pyridine rings is 1. The second kappa shape index (κ2) is 4.53. The van der Waals surface area contributed by atoms with Crippen molar-refractivity contribution in [2.75, 3.05) is 6.61 Å². The number of aliphatic hydroxyl groups excluding tert-OH is 3. The Kier molecular flexibility index (Phi) is 3.62. The number of rotatable bonds is 3. The third-order valence-corrected chi connectivity index (χ3v) is 1.99. The second-order valence-electron chi connectivity index (χ2n) is 2.59. The van der Waals surface area contributed by atoms with Crippen molar-refractivity contribution in [2.24, 2.45) is 0 Å². The average Bonchev–Trinajstić information content (AvgIpc) is 2.16. The molecule has 13 heavy (non-hydrogen) atoms. The maximum atomic E-state index is 9.45. The highest BCUT2D eigenvalue weighted by Gasteiger charge is 2.19. The van der Waals surface area contributed by atoms with E-state index in [0.29, 0.717) is 5.56 Å². The Balaban J connectivity index is 2.88. The van der Waals surface area contributed by atoms with Gasteiger partial charge in [0, 0.05) is 18.0 Å². The lowest BCUT2D eigenvalue weighted by Gasteiger charge is -2.16. The van der Waals surface area contributed by atoms with E-state index in [1.54, 1.807) is 0 Å². The highest BCUT2D eigenvalue weighted by Crippen LogP contribution is 2.23. The fourth-order valence-corrected chi connectivity index (χ4v) is 1.16. The van der Waals surface area contributed by atoms with E-state index in [4.69, 9.17) is 21.8 Å². The molecular formula is C8H10ClNO3. The summed E-state index contributed by atoms with van der Waals surface area (Å²) in [4.78, 5) is 3.73. The molecule has 0 amide bonds. The molecule has 0 saturated carbocycles. The molecule has 5 heteroatoms. The lowest BCUT2D eigenvalue weighted by molar-refractivity contribution is -0.0152. The molecule has 0 aliphatic heterocycles. The molecule has 0 saturated heterocycles. The number of aromatic nitrogens is 1. The van der Waals surface area contributed by atoms with Crippen molar-refractivity contribution >= 4 is 11.6 Å². The van der Waals surface area contributed by atoms with Crippen LogP contribution in [-0.2, 0) is 0 Å². The van der Waals surface area contributed by atoms with Crippen LogP contribution in [0.2, 0.25) is 5.02 Å². The number of nitrogens with zero attached hydrogens (tertiary/aromatic N) is 1. The first-order valence-electron chi connectivity index (χ1n) is 3.73. The summed E-state index contributed by atoms with van der Waals surface area (Å²) >= 11 is 5.70. The van der Waals surface area contributed by atoms with Crippen LogP contribution in [0.25, 0.3) is 0 Å². The van der Waals surface area contributed by atoms with E-state index in [2.05, 4.69) is 4.98 Å². The Morgan fingerprint density at radius 1 is 1.46 bits per heavy atom. The van der Waals surface area contributed by atoms with Crippen molar-refractivity contribution in [3.05, 3.63) is 29.0 Å². The van der Waals surface area contributed by atoms with Crippen LogP contribution in [0.15, 0.2) is 18.5 Å². The summed E-state index contributed by atoms with van der Waals surface area (Å²) in [5.74, 6) is 0. The van der Waals surface area contributed by atoms with Crippen LogP contribution in [0.3, 0.4) is 0 Å². The van der Waals surface area contributed by atoms with E-state index in [1.165, 1.54) is 18.5 Å². The van der Waals surface area contributed by atoms with Gasteiger partial charge in [-0.3, -0.25) is 4.98 Å². The van der Waals surface area contributed by atoms with Gasteiger partial charge < -0.3 is 15.3 Å². The lowest BCUT2D eigenvalue weighted by Crippen LogP contribution is -2.22. The molecule has 0 aromatic carbocycles. The Hall–Kier alpha value is -0.680. The molecule has 1 rings (SSSR count). The molecule has 0 fully saturated rings. The van der Waals surface area contributed by atoms with Gasteiger partial charge in [-0.15, -0.1) is 0 Å². The summed E-state index contributed by atoms with van der Waals surface area (Å²) < 4.78 is 0. The largest absolute Gasteiger partial charge is 0.394 e. The monoisotopic (exact) mass is 203 g/mol. The van der Waals surface area contributed by atoms with Gasteiger partial charge in [0.05, 0.1) is 11.6 Å². The van der Waals surface area contributed by atoms with Crippen molar-refractivity contribution in [2.45, 2.75) is 12.2 Å². The van der Waals surface area contributed by atoms with Gasteiger partial charge in [-0.1, -0.05) is 11.6 Å². The molecule has 2 atom stereocenters. The predicted octanol–water partition coefficient (Wildman–Crippen LogP) is 0.122. The molecule has 1 aromatic heterocycles. The van der Waals surface area contributed by atoms with Crippen molar-refractivity contribution in [3.63, 3.8) is 0 Å². The maximum absolute atomic E-state index is 9.45. The fraction of sp³-hybridized carbons (Fsp3) is 0.375. The van der Waals surface area contributed by atoms with Gasteiger partial charge in [-0.2, -0.15) is 0 Å². The molecule has 1 aromatic rings. The van der Waals surface area contributed by atoms with Gasteiger partial charge in [-0.25, -0.2) is 0 Å². The summed E-state index contributed by atoms with van der Waals surface area (Å²) in [5.41, 5.74) is 0.359. The van der Waals surface area contributed by atoms with Crippen LogP contribution in [-0.4, -0.2) is 33.0 Å². The SMILES string of the molecule is OCC(O)C(O)c1ccncc1Cl. The van der Waals surface area contributed by atoms with E-state index in [0.717, 1.165) is 0 Å². The molecular weight excluding hydrogens is 194 g/mol. The summed E-state index contributed by atoms with van der Waals surface area (Å²) in [6.45, 7) is -0.514. The number of hydrogen-bond donors (Lipinski definition) is 3. The van der Waals surface area contributed by atoms with Gasteiger partial charge in [-0.05, 0) is 6.07 Å². The summed E-state index contributed by atoms with van der Waals surface area (Å²) in [6.07, 6.45) is 0.416. The van der Waals surface area contributed by atoms with E-state index < -0.39 is 18.8 Å². The number of aliphatic hydroxyl groups is 3. The third kappa shape index (κ3) is 2.38. The molecule has 72 valence electrons.